The van der Waals surface area contributed by atoms with Crippen molar-refractivity contribution in [1.29, 1.82) is 0 Å². The predicted octanol–water partition coefficient (Wildman–Crippen LogP) is 5.39. The molecule has 40 heavy (non-hydrogen) atoms. The Morgan fingerprint density at radius 1 is 0.675 bits per heavy atom. The summed E-state index contributed by atoms with van der Waals surface area (Å²) in [4.78, 5) is 3.83. The lowest BCUT2D eigenvalue weighted by Gasteiger charge is -2.19. The maximum absolute atomic E-state index is 8.49. The summed E-state index contributed by atoms with van der Waals surface area (Å²) < 4.78 is 35.3. The standard InChI is InChI=1S/C33H23S2.ClHO4/c1-3-12-24(13-4-1)32-22-26-16-7-8-18-28(26)31(35-32)21-11-17-27-23-33(25-14-5-2-6-15-25)34-30-20-10-9-19-29(27)30;2-1(3,4)5/h1-23H;(H,2,3,4,5)/q+1;/p-1. The molecule has 4 nitrogen and oxygen atoms in total. The molecule has 0 unspecified atom stereocenters. The van der Waals surface area contributed by atoms with Crippen LogP contribution in [0.2, 0.25) is 0 Å². The third kappa shape index (κ3) is 7.33. The Kier molecular flexibility index (Phi) is 8.89. The Morgan fingerprint density at radius 2 is 1.27 bits per heavy atom. The molecule has 1 aromatic heterocycles. The van der Waals surface area contributed by atoms with Gasteiger partial charge in [0, 0.05) is 32.9 Å². The highest BCUT2D eigenvalue weighted by atomic mass is 35.7. The number of halogens is 1. The van der Waals surface area contributed by atoms with Gasteiger partial charge in [0.2, 0.25) is 20.9 Å². The Bertz CT molecular complexity index is 1700. The number of allylic oxidation sites excluding steroid dienone is 2. The second kappa shape index (κ2) is 12.7. The first-order valence-corrected chi connectivity index (χ1v) is 15.2. The van der Waals surface area contributed by atoms with E-state index in [0.29, 0.717) is 0 Å². The minimum atomic E-state index is -4.94. The summed E-state index contributed by atoms with van der Waals surface area (Å²) in [6, 6.07) is 40.9. The first kappa shape index (κ1) is 28.0. The summed E-state index contributed by atoms with van der Waals surface area (Å²) in [5.41, 5.74) is 6.30. The fourth-order valence-electron chi connectivity index (χ4n) is 4.34. The molecule has 0 radical (unpaired) electrons. The van der Waals surface area contributed by atoms with Crippen molar-refractivity contribution in [1.82, 2.24) is 0 Å². The van der Waals surface area contributed by atoms with Crippen molar-refractivity contribution < 1.29 is 28.9 Å². The van der Waals surface area contributed by atoms with E-state index in [0.717, 1.165) is 0 Å². The SMILES string of the molecule is C1=C(c2ccccc2)S/C(=C\C=C\c2cc(-c3ccccc3)[s+]c3ccccc23)c2ccccc21.[O-][Cl+3]([O-])([O-])[O-]. The normalized spacial score (nSPS) is 14.0. The van der Waals surface area contributed by atoms with E-state index in [1.807, 2.05) is 23.1 Å². The molecule has 0 N–H and O–H groups in total. The molecule has 0 aliphatic carbocycles. The van der Waals surface area contributed by atoms with E-state index in [9.17, 15) is 0 Å². The molecule has 0 atom stereocenters. The molecule has 0 saturated heterocycles. The van der Waals surface area contributed by atoms with E-state index in [1.165, 1.54) is 52.6 Å². The van der Waals surface area contributed by atoms with Crippen molar-refractivity contribution in [3.63, 3.8) is 0 Å². The molecule has 7 heteroatoms. The molecule has 0 fully saturated rings. The molecule has 0 amide bonds. The van der Waals surface area contributed by atoms with Crippen molar-refractivity contribution in [3.05, 3.63) is 150 Å². The lowest BCUT2D eigenvalue weighted by atomic mass is 10.0. The third-order valence-electron chi connectivity index (χ3n) is 6.08. The van der Waals surface area contributed by atoms with Crippen molar-refractivity contribution >= 4 is 55.1 Å². The summed E-state index contributed by atoms with van der Waals surface area (Å²) in [6.45, 7) is 0. The number of fused-ring (bicyclic) bond motifs is 2. The van der Waals surface area contributed by atoms with E-state index in [2.05, 4.69) is 140 Å². The van der Waals surface area contributed by atoms with E-state index in [1.54, 1.807) is 0 Å². The van der Waals surface area contributed by atoms with E-state index < -0.39 is 10.2 Å². The zero-order valence-corrected chi connectivity index (χ0v) is 23.5. The number of benzene rings is 4. The minimum Gasteiger partial charge on any atom is -0.222 e. The zero-order valence-electron chi connectivity index (χ0n) is 21.1. The van der Waals surface area contributed by atoms with Gasteiger partial charge in [-0.25, -0.2) is 18.6 Å². The van der Waals surface area contributed by atoms with E-state index in [4.69, 9.17) is 18.6 Å². The van der Waals surface area contributed by atoms with Gasteiger partial charge in [-0.1, -0.05) is 109 Å². The van der Waals surface area contributed by atoms with Crippen LogP contribution in [0.5, 0.6) is 0 Å². The Morgan fingerprint density at radius 3 is 2.00 bits per heavy atom. The average Bonchev–Trinajstić information content (AvgIpc) is 2.97. The minimum absolute atomic E-state index is 1.24. The van der Waals surface area contributed by atoms with Gasteiger partial charge >= 0.3 is 0 Å². The molecule has 6 rings (SSSR count). The van der Waals surface area contributed by atoms with E-state index >= 15 is 0 Å². The molecule has 2 heterocycles. The molecule has 0 saturated carbocycles. The van der Waals surface area contributed by atoms with Crippen molar-refractivity contribution in [3.8, 4) is 10.4 Å². The number of hydrogen-bond acceptors (Lipinski definition) is 5. The molecule has 4 aromatic carbocycles. The largest absolute Gasteiger partial charge is 0.239 e. The Labute approximate surface area is 243 Å². The highest BCUT2D eigenvalue weighted by Crippen LogP contribution is 2.46. The smallest absolute Gasteiger partial charge is 0.222 e. The molecule has 1 aliphatic heterocycles. The number of rotatable bonds is 4. The number of thioether (sulfide) groups is 1. The van der Waals surface area contributed by atoms with Crippen LogP contribution >= 0.6 is 23.1 Å². The van der Waals surface area contributed by atoms with Crippen molar-refractivity contribution in [2.45, 2.75) is 0 Å². The third-order valence-corrected chi connectivity index (χ3v) is 8.38. The fourth-order valence-corrected chi connectivity index (χ4v) is 6.58. The molecule has 5 aromatic rings. The molecule has 198 valence electrons. The predicted molar refractivity (Wildman–Crippen MR) is 157 cm³/mol. The van der Waals surface area contributed by atoms with Crippen molar-refractivity contribution in [2.75, 3.05) is 0 Å². The van der Waals surface area contributed by atoms with Gasteiger partial charge in [-0.15, -0.1) is 10.2 Å². The van der Waals surface area contributed by atoms with Crippen LogP contribution in [0.3, 0.4) is 0 Å². The first-order chi connectivity index (χ1) is 19.3. The average molecular weight is 583 g/mol. The summed E-state index contributed by atoms with van der Waals surface area (Å²) in [6.07, 6.45) is 9.01. The van der Waals surface area contributed by atoms with Gasteiger partial charge in [0.1, 0.15) is 0 Å². The molecule has 0 bridgehead atoms. The van der Waals surface area contributed by atoms with Crippen LogP contribution < -0.4 is 18.6 Å². The summed E-state index contributed by atoms with van der Waals surface area (Å²) in [7, 11) is -4.94. The fraction of sp³-hybridized carbons (Fsp3) is 0. The topological polar surface area (TPSA) is 92.2 Å². The van der Waals surface area contributed by atoms with Crippen LogP contribution in [0.15, 0.2) is 127 Å². The second-order valence-corrected chi connectivity index (χ2v) is 11.7. The monoisotopic (exact) mass is 582 g/mol. The van der Waals surface area contributed by atoms with Gasteiger partial charge in [-0.05, 0) is 52.6 Å². The molecule has 1 aliphatic rings. The second-order valence-electron chi connectivity index (χ2n) is 8.76. The number of hydrogen-bond donors (Lipinski definition) is 0. The van der Waals surface area contributed by atoms with Crippen LogP contribution in [0.25, 0.3) is 42.5 Å². The summed E-state index contributed by atoms with van der Waals surface area (Å²) in [5.74, 6) is 0. The van der Waals surface area contributed by atoms with Crippen molar-refractivity contribution in [2.24, 2.45) is 0 Å². The highest BCUT2D eigenvalue weighted by Gasteiger charge is 2.18. The molecular weight excluding hydrogens is 560 g/mol. The maximum Gasteiger partial charge on any atom is 0.239 e. The maximum atomic E-state index is 8.49. The lowest BCUT2D eigenvalue weighted by Crippen LogP contribution is -2.68. The van der Waals surface area contributed by atoms with Crippen LogP contribution in [0.1, 0.15) is 22.3 Å². The van der Waals surface area contributed by atoms with Gasteiger partial charge in [0.25, 0.3) is 0 Å². The zero-order chi connectivity index (χ0) is 28.0. The van der Waals surface area contributed by atoms with Gasteiger partial charge in [-0.3, -0.25) is 0 Å². The van der Waals surface area contributed by atoms with Gasteiger partial charge in [0.15, 0.2) is 0 Å². The van der Waals surface area contributed by atoms with Gasteiger partial charge in [-0.2, -0.15) is 0 Å². The first-order valence-electron chi connectivity index (χ1n) is 12.3. The van der Waals surface area contributed by atoms with Crippen LogP contribution in [-0.4, -0.2) is 0 Å². The Balaban J connectivity index is 0.000000595. The van der Waals surface area contributed by atoms with Crippen LogP contribution in [-0.2, 0) is 0 Å². The Hall–Kier alpha value is -3.59. The van der Waals surface area contributed by atoms with E-state index in [-0.39, 0.29) is 0 Å². The van der Waals surface area contributed by atoms with Gasteiger partial charge in [0.05, 0.1) is 0 Å². The van der Waals surface area contributed by atoms with Gasteiger partial charge < -0.3 is 0 Å². The van der Waals surface area contributed by atoms with Crippen LogP contribution in [0, 0.1) is 10.2 Å². The summed E-state index contributed by atoms with van der Waals surface area (Å²) >= 11 is 3.68. The summed E-state index contributed by atoms with van der Waals surface area (Å²) in [5, 5.41) is 1.29. The lowest BCUT2D eigenvalue weighted by molar-refractivity contribution is -2.00. The quantitative estimate of drug-likeness (QED) is 0.265. The molecule has 0 spiro atoms. The van der Waals surface area contributed by atoms with Crippen LogP contribution in [0.4, 0.5) is 0 Å². The molecular formula is C33H23ClO4S2. The highest BCUT2D eigenvalue weighted by molar-refractivity contribution is 8.16.